The molecule has 2 aliphatic heterocycles. The largest absolute Gasteiger partial charge is 0.207 e. The van der Waals surface area contributed by atoms with E-state index in [9.17, 15) is 0 Å². The number of hydrogen-bond donors (Lipinski definition) is 1. The minimum Gasteiger partial charge on any atom is -0.207 e. The summed E-state index contributed by atoms with van der Waals surface area (Å²) >= 11 is 0. The van der Waals surface area contributed by atoms with E-state index in [1.54, 1.807) is 0 Å². The van der Waals surface area contributed by atoms with Crippen molar-refractivity contribution in [2.75, 3.05) is 13.1 Å². The van der Waals surface area contributed by atoms with Gasteiger partial charge in [-0.3, -0.25) is 0 Å². The summed E-state index contributed by atoms with van der Waals surface area (Å²) in [6, 6.07) is 0. The van der Waals surface area contributed by atoms with Gasteiger partial charge in [-0.25, -0.2) is 4.94 Å². The Morgan fingerprint density at radius 1 is 0.842 bits per heavy atom. The predicted octanol–water partition coefficient (Wildman–Crippen LogP) is 3.69. The molecule has 0 aliphatic carbocycles. The van der Waals surface area contributed by atoms with Crippen molar-refractivity contribution in [2.45, 2.75) is 77.3 Å². The molecule has 0 spiro atoms. The van der Waals surface area contributed by atoms with E-state index in [1.165, 1.54) is 38.5 Å². The van der Waals surface area contributed by atoms with E-state index in [0.29, 0.717) is 0 Å². The van der Waals surface area contributed by atoms with Crippen molar-refractivity contribution >= 4 is 0 Å². The second kappa shape index (κ2) is 6.77. The highest BCUT2D eigenvalue weighted by Crippen LogP contribution is 2.38. The molecule has 5 nitrogen and oxygen atoms in total. The first-order valence-corrected chi connectivity index (χ1v) is 7.36. The van der Waals surface area contributed by atoms with Crippen molar-refractivity contribution in [3.05, 3.63) is 4.91 Å². The third kappa shape index (κ3) is 4.23. The van der Waals surface area contributed by atoms with E-state index in [0.717, 1.165) is 13.1 Å². The van der Waals surface area contributed by atoms with E-state index in [1.807, 2.05) is 0 Å². The van der Waals surface area contributed by atoms with Gasteiger partial charge in [-0.1, -0.05) is 12.0 Å². The molecule has 0 radical (unpaired) electrons. The first kappa shape index (κ1) is 16.5. The number of hydrogen-bond acceptors (Lipinski definition) is 5. The van der Waals surface area contributed by atoms with E-state index in [-0.39, 0.29) is 11.1 Å². The Hall–Kier alpha value is -0.520. The molecule has 0 amide bonds. The van der Waals surface area contributed by atoms with Crippen LogP contribution in [0.5, 0.6) is 0 Å². The second-order valence-electron chi connectivity index (χ2n) is 6.84. The molecule has 0 atom stereocenters. The quantitative estimate of drug-likeness (QED) is 0.778. The minimum absolute atomic E-state index is 0.152. The Bertz CT molecular complexity index is 260. The number of hydroxylamine groups is 4. The molecule has 0 bridgehead atoms. The lowest BCUT2D eigenvalue weighted by atomic mass is 9.82. The highest BCUT2D eigenvalue weighted by molar-refractivity contribution is 4.92. The highest BCUT2D eigenvalue weighted by Gasteiger charge is 2.43. The topological polar surface area (TPSA) is 56.6 Å². The van der Waals surface area contributed by atoms with Crippen molar-refractivity contribution in [1.29, 1.82) is 5.59 Å². The summed E-state index contributed by atoms with van der Waals surface area (Å²) in [6.45, 7) is 11.4. The number of nitrogens with one attached hydrogen (secondary N) is 1. The zero-order valence-corrected chi connectivity index (χ0v) is 12.9. The van der Waals surface area contributed by atoms with Crippen LogP contribution in [0.3, 0.4) is 0 Å². The Balaban J connectivity index is 0.000000861. The molecule has 2 heterocycles. The van der Waals surface area contributed by atoms with E-state index < -0.39 is 0 Å². The first-order valence-electron chi connectivity index (χ1n) is 7.36. The average Bonchev–Trinajstić information content (AvgIpc) is 2.37. The SMILES string of the molecule is CC1(C)CCCC(C)(C)N1ON1CCCCC1.N=O. The molecular formula is C14H29N3O2. The molecule has 1 N–H and O–H groups in total. The van der Waals surface area contributed by atoms with Crippen LogP contribution in [0.4, 0.5) is 0 Å². The Kier molecular flexibility index (Phi) is 5.89. The third-order valence-corrected chi connectivity index (χ3v) is 4.19. The van der Waals surface area contributed by atoms with Crippen molar-refractivity contribution in [3.8, 4) is 0 Å². The van der Waals surface area contributed by atoms with Gasteiger partial charge in [-0.05, 0) is 59.8 Å². The highest BCUT2D eigenvalue weighted by atomic mass is 16.8. The van der Waals surface area contributed by atoms with E-state index >= 15 is 0 Å². The minimum atomic E-state index is 0.152. The maximum Gasteiger partial charge on any atom is 0.0432 e. The third-order valence-electron chi connectivity index (χ3n) is 4.19. The van der Waals surface area contributed by atoms with Gasteiger partial charge in [0.15, 0.2) is 0 Å². The standard InChI is InChI=1S/C14H28N2O.HNO/c1-13(2)9-8-10-14(3,4)16(13)17-15-11-6-5-7-12-15;1-2/h5-12H2,1-4H3;1H. The molecule has 2 saturated heterocycles. The molecule has 19 heavy (non-hydrogen) atoms. The first-order chi connectivity index (χ1) is 8.92. The van der Waals surface area contributed by atoms with Crippen LogP contribution in [0.1, 0.15) is 66.2 Å². The van der Waals surface area contributed by atoms with Gasteiger partial charge < -0.3 is 0 Å². The lowest BCUT2D eigenvalue weighted by Gasteiger charge is -2.52. The van der Waals surface area contributed by atoms with Gasteiger partial charge in [0, 0.05) is 24.2 Å². The second-order valence-corrected chi connectivity index (χ2v) is 6.84. The zero-order valence-electron chi connectivity index (χ0n) is 12.9. The number of rotatable bonds is 2. The molecular weight excluding hydrogens is 242 g/mol. The van der Waals surface area contributed by atoms with E-state index in [2.05, 4.69) is 43.4 Å². The van der Waals surface area contributed by atoms with Crippen LogP contribution in [0.2, 0.25) is 0 Å². The number of nitrogens with zero attached hydrogens (tertiary/aromatic N) is 2. The Labute approximate surface area is 117 Å². The molecule has 0 aromatic heterocycles. The fourth-order valence-corrected chi connectivity index (χ4v) is 3.26. The summed E-state index contributed by atoms with van der Waals surface area (Å²) in [5, 5.41) is 4.42. The molecule has 0 saturated carbocycles. The summed E-state index contributed by atoms with van der Waals surface area (Å²) in [5.74, 6) is 0. The summed E-state index contributed by atoms with van der Waals surface area (Å²) < 4.78 is 0. The summed E-state index contributed by atoms with van der Waals surface area (Å²) in [7, 11) is 0. The molecule has 0 aromatic rings. The Morgan fingerprint density at radius 2 is 1.32 bits per heavy atom. The molecule has 2 rings (SSSR count). The van der Waals surface area contributed by atoms with Crippen LogP contribution in [-0.2, 0) is 4.94 Å². The molecule has 5 heteroatoms. The molecule has 2 fully saturated rings. The van der Waals surface area contributed by atoms with Gasteiger partial charge in [-0.15, -0.1) is 0 Å². The van der Waals surface area contributed by atoms with Crippen LogP contribution < -0.4 is 0 Å². The van der Waals surface area contributed by atoms with Crippen molar-refractivity contribution in [1.82, 2.24) is 10.1 Å². The summed E-state index contributed by atoms with van der Waals surface area (Å²) in [5.41, 5.74) is 4.80. The summed E-state index contributed by atoms with van der Waals surface area (Å²) in [4.78, 5) is 13.7. The van der Waals surface area contributed by atoms with Crippen LogP contribution in [0, 0.1) is 10.5 Å². The van der Waals surface area contributed by atoms with Gasteiger partial charge >= 0.3 is 0 Å². The molecule has 112 valence electrons. The van der Waals surface area contributed by atoms with Crippen molar-refractivity contribution < 1.29 is 4.94 Å². The average molecular weight is 271 g/mol. The van der Waals surface area contributed by atoms with Crippen LogP contribution in [0.25, 0.3) is 0 Å². The van der Waals surface area contributed by atoms with Gasteiger partial charge in [0.2, 0.25) is 0 Å². The normalized spacial score (nSPS) is 27.4. The lowest BCUT2D eigenvalue weighted by molar-refractivity contribution is -0.396. The zero-order chi connectivity index (χ0) is 14.5. The lowest BCUT2D eigenvalue weighted by Crippen LogP contribution is -2.60. The van der Waals surface area contributed by atoms with Crippen molar-refractivity contribution in [3.63, 3.8) is 0 Å². The number of nitroso groups, excluding NO2 is 1. The van der Waals surface area contributed by atoms with Crippen molar-refractivity contribution in [2.24, 2.45) is 0 Å². The molecule has 2 aliphatic rings. The molecule has 0 aromatic carbocycles. The van der Waals surface area contributed by atoms with Gasteiger partial charge in [0.25, 0.3) is 0 Å². The predicted molar refractivity (Wildman–Crippen MR) is 76.4 cm³/mol. The summed E-state index contributed by atoms with van der Waals surface area (Å²) in [6.07, 6.45) is 7.66. The van der Waals surface area contributed by atoms with E-state index in [4.69, 9.17) is 9.85 Å². The fraction of sp³-hybridized carbons (Fsp3) is 1.00. The fourth-order valence-electron chi connectivity index (χ4n) is 3.26. The smallest absolute Gasteiger partial charge is 0.0432 e. The van der Waals surface area contributed by atoms with Crippen LogP contribution >= 0.6 is 0 Å². The van der Waals surface area contributed by atoms with Crippen LogP contribution in [-0.4, -0.2) is 34.3 Å². The van der Waals surface area contributed by atoms with Crippen LogP contribution in [0.15, 0.2) is 0 Å². The Morgan fingerprint density at radius 3 is 1.79 bits per heavy atom. The number of piperidine rings is 2. The molecule has 0 unspecified atom stereocenters. The van der Waals surface area contributed by atoms with Gasteiger partial charge in [-0.2, -0.15) is 15.0 Å². The monoisotopic (exact) mass is 271 g/mol. The maximum absolute atomic E-state index is 7.50. The van der Waals surface area contributed by atoms with Gasteiger partial charge in [0.1, 0.15) is 0 Å². The maximum atomic E-state index is 7.50. The van der Waals surface area contributed by atoms with Gasteiger partial charge in [0.05, 0.1) is 0 Å².